The molecule has 0 radical (unpaired) electrons. The number of rotatable bonds is 5. The molecule has 0 amide bonds. The number of esters is 1. The van der Waals surface area contributed by atoms with E-state index in [9.17, 15) is 13.6 Å². The quantitative estimate of drug-likeness (QED) is 0.815. The molecule has 18 heavy (non-hydrogen) atoms. The van der Waals surface area contributed by atoms with Crippen molar-refractivity contribution in [2.45, 2.75) is 19.9 Å². The normalized spacial score (nSPS) is 10.6. The molecule has 0 aliphatic heterocycles. The summed E-state index contributed by atoms with van der Waals surface area (Å²) in [6, 6.07) is 1.24. The first-order chi connectivity index (χ1) is 8.54. The van der Waals surface area contributed by atoms with Crippen LogP contribution in [0.5, 0.6) is 5.75 Å². The van der Waals surface area contributed by atoms with Gasteiger partial charge in [0, 0.05) is 18.2 Å². The minimum Gasteiger partial charge on any atom is -0.496 e. The van der Waals surface area contributed by atoms with E-state index in [1.165, 1.54) is 13.2 Å². The highest BCUT2D eigenvalue weighted by atomic mass is 19.3. The lowest BCUT2D eigenvalue weighted by Crippen LogP contribution is -2.13. The molecule has 0 bridgehead atoms. The number of pyridine rings is 1. The lowest BCUT2D eigenvalue weighted by molar-refractivity contribution is 0.0517. The topological polar surface area (TPSA) is 74.4 Å². The number of hydrogen-bond acceptors (Lipinski definition) is 5. The number of nitrogens with two attached hydrogens (primary N) is 1. The Labute approximate surface area is 103 Å². The molecular weight excluding hydrogens is 246 g/mol. The zero-order chi connectivity index (χ0) is 13.7. The number of carbonyl (C=O) groups is 1. The first-order valence-corrected chi connectivity index (χ1v) is 5.28. The summed E-state index contributed by atoms with van der Waals surface area (Å²) in [6.07, 6.45) is -2.84. The Morgan fingerprint density at radius 2 is 2.22 bits per heavy atom. The lowest BCUT2D eigenvalue weighted by atomic mass is 10.1. The fourth-order valence-corrected chi connectivity index (χ4v) is 1.44. The molecule has 7 heteroatoms. The number of hydrogen-bond donors (Lipinski definition) is 1. The molecule has 1 rings (SSSR count). The Morgan fingerprint density at radius 1 is 1.56 bits per heavy atom. The van der Waals surface area contributed by atoms with Gasteiger partial charge in [-0.25, -0.2) is 18.6 Å². The van der Waals surface area contributed by atoms with Gasteiger partial charge in [-0.2, -0.15) is 0 Å². The van der Waals surface area contributed by atoms with E-state index in [1.54, 1.807) is 6.92 Å². The van der Waals surface area contributed by atoms with Crippen LogP contribution < -0.4 is 10.5 Å². The van der Waals surface area contributed by atoms with Crippen LogP contribution in [0.3, 0.4) is 0 Å². The molecule has 1 heterocycles. The van der Waals surface area contributed by atoms with Gasteiger partial charge in [0.15, 0.2) is 5.69 Å². The number of nitrogens with zero attached hydrogens (tertiary/aromatic N) is 1. The molecular formula is C11H14F2N2O3. The second kappa shape index (κ2) is 6.25. The van der Waals surface area contributed by atoms with Gasteiger partial charge in [0.2, 0.25) is 0 Å². The van der Waals surface area contributed by atoms with Crippen LogP contribution in [0.4, 0.5) is 8.78 Å². The molecule has 0 saturated heterocycles. The molecule has 0 aliphatic rings. The van der Waals surface area contributed by atoms with Gasteiger partial charge >= 0.3 is 5.97 Å². The maximum atomic E-state index is 12.8. The number of alkyl halides is 2. The van der Waals surface area contributed by atoms with E-state index >= 15 is 0 Å². The predicted molar refractivity (Wildman–Crippen MR) is 59.6 cm³/mol. The molecule has 0 unspecified atom stereocenters. The van der Waals surface area contributed by atoms with Crippen molar-refractivity contribution < 1.29 is 23.0 Å². The maximum absolute atomic E-state index is 12.8. The summed E-state index contributed by atoms with van der Waals surface area (Å²) in [7, 11) is 1.30. The van der Waals surface area contributed by atoms with Crippen LogP contribution in [0.15, 0.2) is 6.07 Å². The van der Waals surface area contributed by atoms with E-state index in [0.29, 0.717) is 0 Å². The van der Waals surface area contributed by atoms with Crippen LogP contribution in [0.2, 0.25) is 0 Å². The van der Waals surface area contributed by atoms with Crippen LogP contribution in [0.25, 0.3) is 0 Å². The average molecular weight is 260 g/mol. The highest BCUT2D eigenvalue weighted by Crippen LogP contribution is 2.29. The van der Waals surface area contributed by atoms with E-state index in [-0.39, 0.29) is 30.2 Å². The summed E-state index contributed by atoms with van der Waals surface area (Å²) in [6.45, 7) is 1.59. The Balaban J connectivity index is 3.31. The van der Waals surface area contributed by atoms with Crippen molar-refractivity contribution in [3.8, 4) is 5.75 Å². The smallest absolute Gasteiger partial charge is 0.357 e. The largest absolute Gasteiger partial charge is 0.496 e. The number of aromatic nitrogens is 1. The zero-order valence-corrected chi connectivity index (χ0v) is 10.1. The zero-order valence-electron chi connectivity index (χ0n) is 10.1. The van der Waals surface area contributed by atoms with Crippen molar-refractivity contribution in [2.75, 3.05) is 13.7 Å². The van der Waals surface area contributed by atoms with E-state index < -0.39 is 18.1 Å². The first-order valence-electron chi connectivity index (χ1n) is 5.28. The summed E-state index contributed by atoms with van der Waals surface area (Å²) in [5.41, 5.74) is 4.69. The second-order valence-electron chi connectivity index (χ2n) is 3.30. The van der Waals surface area contributed by atoms with Crippen molar-refractivity contribution in [1.82, 2.24) is 4.98 Å². The fourth-order valence-electron chi connectivity index (χ4n) is 1.44. The van der Waals surface area contributed by atoms with E-state index in [2.05, 4.69) is 4.98 Å². The second-order valence-corrected chi connectivity index (χ2v) is 3.30. The number of halogens is 2. The minimum absolute atomic E-state index is 0.0838. The summed E-state index contributed by atoms with van der Waals surface area (Å²) < 4.78 is 35.3. The van der Waals surface area contributed by atoms with Gasteiger partial charge in [-0.15, -0.1) is 0 Å². The van der Waals surface area contributed by atoms with Gasteiger partial charge in [-0.1, -0.05) is 0 Å². The first kappa shape index (κ1) is 14.3. The van der Waals surface area contributed by atoms with E-state index in [1.807, 2.05) is 0 Å². The van der Waals surface area contributed by atoms with Crippen LogP contribution in [-0.4, -0.2) is 24.7 Å². The summed E-state index contributed by atoms with van der Waals surface area (Å²) in [5.74, 6) is -0.674. The predicted octanol–water partition coefficient (Wildman–Crippen LogP) is 1.66. The van der Waals surface area contributed by atoms with Gasteiger partial charge < -0.3 is 15.2 Å². The number of methoxy groups -OCH3 is 1. The summed E-state index contributed by atoms with van der Waals surface area (Å²) in [5, 5.41) is 0. The third-order valence-corrected chi connectivity index (χ3v) is 2.23. The molecule has 2 N–H and O–H groups in total. The average Bonchev–Trinajstić information content (AvgIpc) is 2.37. The highest BCUT2D eigenvalue weighted by Gasteiger charge is 2.22. The Morgan fingerprint density at radius 3 is 2.67 bits per heavy atom. The maximum Gasteiger partial charge on any atom is 0.357 e. The third-order valence-electron chi connectivity index (χ3n) is 2.23. The van der Waals surface area contributed by atoms with Gasteiger partial charge in [-0.3, -0.25) is 0 Å². The standard InChI is InChI=1S/C11H14F2N2O3/c1-3-18-11(16)7-4-8(17-2)6(5-14)9(15-7)10(12)13/h4,10H,3,5,14H2,1-2H3. The Bertz CT molecular complexity index is 439. The van der Waals surface area contributed by atoms with Crippen molar-refractivity contribution in [2.24, 2.45) is 5.73 Å². The van der Waals surface area contributed by atoms with Crippen LogP contribution in [-0.2, 0) is 11.3 Å². The van der Waals surface area contributed by atoms with Crippen LogP contribution >= 0.6 is 0 Å². The molecule has 0 saturated carbocycles. The number of ether oxygens (including phenoxy) is 2. The molecule has 0 aromatic carbocycles. The molecule has 100 valence electrons. The molecule has 5 nitrogen and oxygen atoms in total. The van der Waals surface area contributed by atoms with Crippen LogP contribution in [0.1, 0.15) is 35.1 Å². The molecule has 1 aromatic rings. The van der Waals surface area contributed by atoms with E-state index in [0.717, 1.165) is 0 Å². The summed E-state index contributed by atoms with van der Waals surface area (Å²) >= 11 is 0. The molecule has 0 fully saturated rings. The number of carbonyl (C=O) groups excluding carboxylic acids is 1. The van der Waals surface area contributed by atoms with E-state index in [4.69, 9.17) is 15.2 Å². The lowest BCUT2D eigenvalue weighted by Gasteiger charge is -2.13. The van der Waals surface area contributed by atoms with Crippen molar-refractivity contribution in [1.29, 1.82) is 0 Å². The molecule has 0 spiro atoms. The molecule has 1 aromatic heterocycles. The van der Waals surface area contributed by atoms with Crippen molar-refractivity contribution in [3.05, 3.63) is 23.0 Å². The molecule has 0 atom stereocenters. The summed E-state index contributed by atoms with van der Waals surface area (Å²) in [4.78, 5) is 15.1. The minimum atomic E-state index is -2.84. The Hall–Kier alpha value is -1.76. The Kier molecular flexibility index (Phi) is 4.96. The van der Waals surface area contributed by atoms with Gasteiger partial charge in [0.05, 0.1) is 13.7 Å². The monoisotopic (exact) mass is 260 g/mol. The van der Waals surface area contributed by atoms with Gasteiger partial charge in [-0.05, 0) is 6.92 Å². The molecule has 0 aliphatic carbocycles. The van der Waals surface area contributed by atoms with Crippen molar-refractivity contribution >= 4 is 5.97 Å². The van der Waals surface area contributed by atoms with Crippen LogP contribution in [0, 0.1) is 0 Å². The highest BCUT2D eigenvalue weighted by molar-refractivity contribution is 5.88. The van der Waals surface area contributed by atoms with Gasteiger partial charge in [0.25, 0.3) is 6.43 Å². The van der Waals surface area contributed by atoms with Gasteiger partial charge in [0.1, 0.15) is 11.4 Å². The van der Waals surface area contributed by atoms with Crippen molar-refractivity contribution in [3.63, 3.8) is 0 Å². The SMILES string of the molecule is CCOC(=O)c1cc(OC)c(CN)c(C(F)F)n1. The fraction of sp³-hybridized carbons (Fsp3) is 0.455. The third kappa shape index (κ3) is 2.92.